The summed E-state index contributed by atoms with van der Waals surface area (Å²) in [4.78, 5) is 11.9. The molecule has 4 nitrogen and oxygen atoms in total. The molecule has 0 saturated heterocycles. The van der Waals surface area contributed by atoms with Gasteiger partial charge in [-0.15, -0.1) is 0 Å². The third kappa shape index (κ3) is 5.95. The molecule has 4 heteroatoms. The second-order valence-corrected chi connectivity index (χ2v) is 6.48. The van der Waals surface area contributed by atoms with Gasteiger partial charge in [-0.1, -0.05) is 26.7 Å². The number of esters is 1. The van der Waals surface area contributed by atoms with E-state index in [0.717, 1.165) is 32.4 Å². The largest absolute Gasteiger partial charge is 0.468 e. The number of ether oxygens (including phenoxy) is 2. The van der Waals surface area contributed by atoms with Crippen molar-refractivity contribution in [2.45, 2.75) is 77.4 Å². The minimum absolute atomic E-state index is 0.175. The highest BCUT2D eigenvalue weighted by Gasteiger charge is 2.32. The van der Waals surface area contributed by atoms with E-state index in [4.69, 9.17) is 9.47 Å². The zero-order valence-corrected chi connectivity index (χ0v) is 14.2. The third-order valence-corrected chi connectivity index (χ3v) is 4.64. The first-order valence-electron chi connectivity index (χ1n) is 8.48. The van der Waals surface area contributed by atoms with E-state index in [1.165, 1.54) is 32.8 Å². The Kier molecular flexibility index (Phi) is 8.27. The summed E-state index contributed by atoms with van der Waals surface area (Å²) < 4.78 is 10.9. The standard InChI is InChI=1S/C17H33NO3/c1-5-18-17(3,16(19)20-4)12-8-9-13-21-15-11-7-6-10-14(15)2/h14-15,18H,5-13H2,1-4H3. The fourth-order valence-corrected chi connectivity index (χ4v) is 3.22. The first kappa shape index (κ1) is 18.4. The van der Waals surface area contributed by atoms with Crippen molar-refractivity contribution >= 4 is 5.97 Å². The van der Waals surface area contributed by atoms with Gasteiger partial charge in [0.15, 0.2) is 0 Å². The molecular weight excluding hydrogens is 266 g/mol. The molecule has 1 rings (SSSR count). The molecule has 1 aliphatic carbocycles. The molecule has 0 aromatic rings. The quantitative estimate of drug-likeness (QED) is 0.524. The lowest BCUT2D eigenvalue weighted by molar-refractivity contribution is -0.148. The van der Waals surface area contributed by atoms with Crippen LogP contribution >= 0.6 is 0 Å². The van der Waals surface area contributed by atoms with Crippen molar-refractivity contribution in [1.29, 1.82) is 0 Å². The number of nitrogens with one attached hydrogen (secondary N) is 1. The van der Waals surface area contributed by atoms with Gasteiger partial charge in [0, 0.05) is 6.61 Å². The molecule has 3 unspecified atom stereocenters. The molecule has 0 heterocycles. The van der Waals surface area contributed by atoms with Crippen molar-refractivity contribution in [2.24, 2.45) is 5.92 Å². The molecule has 0 amide bonds. The van der Waals surface area contributed by atoms with Gasteiger partial charge in [0.1, 0.15) is 5.54 Å². The molecule has 0 spiro atoms. The minimum atomic E-state index is -0.568. The molecule has 21 heavy (non-hydrogen) atoms. The summed E-state index contributed by atoms with van der Waals surface area (Å²) in [6.45, 7) is 7.80. The maximum absolute atomic E-state index is 11.9. The van der Waals surface area contributed by atoms with Gasteiger partial charge in [-0.05, 0) is 51.5 Å². The van der Waals surface area contributed by atoms with Gasteiger partial charge in [-0.3, -0.25) is 4.79 Å². The first-order chi connectivity index (χ1) is 10.0. The Morgan fingerprint density at radius 1 is 1.29 bits per heavy atom. The summed E-state index contributed by atoms with van der Waals surface area (Å²) in [5, 5.41) is 3.24. The Balaban J connectivity index is 2.23. The number of likely N-dealkylation sites (N-methyl/N-ethyl adjacent to an activating group) is 1. The number of hydrogen-bond donors (Lipinski definition) is 1. The summed E-state index contributed by atoms with van der Waals surface area (Å²) in [6, 6.07) is 0. The smallest absolute Gasteiger partial charge is 0.325 e. The van der Waals surface area contributed by atoms with Crippen LogP contribution in [0.3, 0.4) is 0 Å². The van der Waals surface area contributed by atoms with Crippen LogP contribution in [0.4, 0.5) is 0 Å². The predicted molar refractivity (Wildman–Crippen MR) is 85.3 cm³/mol. The second-order valence-electron chi connectivity index (χ2n) is 6.48. The van der Waals surface area contributed by atoms with E-state index in [1.807, 2.05) is 13.8 Å². The van der Waals surface area contributed by atoms with E-state index >= 15 is 0 Å². The summed E-state index contributed by atoms with van der Waals surface area (Å²) >= 11 is 0. The minimum Gasteiger partial charge on any atom is -0.468 e. The summed E-state index contributed by atoms with van der Waals surface area (Å²) in [7, 11) is 1.45. The Morgan fingerprint density at radius 2 is 2.00 bits per heavy atom. The van der Waals surface area contributed by atoms with Crippen LogP contribution in [-0.2, 0) is 14.3 Å². The zero-order chi connectivity index (χ0) is 15.7. The third-order valence-electron chi connectivity index (χ3n) is 4.64. The SMILES string of the molecule is CCNC(C)(CCCCOC1CCCCC1C)C(=O)OC. The van der Waals surface area contributed by atoms with Gasteiger partial charge in [-0.2, -0.15) is 0 Å². The molecule has 0 aromatic heterocycles. The van der Waals surface area contributed by atoms with Crippen LogP contribution < -0.4 is 5.32 Å². The van der Waals surface area contributed by atoms with E-state index in [0.29, 0.717) is 12.0 Å². The van der Waals surface area contributed by atoms with Crippen LogP contribution in [0.1, 0.15) is 65.7 Å². The predicted octanol–water partition coefficient (Wildman–Crippen LogP) is 3.29. The summed E-state index contributed by atoms with van der Waals surface area (Å²) in [6.07, 6.45) is 8.36. The fraction of sp³-hybridized carbons (Fsp3) is 0.941. The van der Waals surface area contributed by atoms with Crippen molar-refractivity contribution in [3.05, 3.63) is 0 Å². The molecule has 0 bridgehead atoms. The van der Waals surface area contributed by atoms with Crippen LogP contribution in [0, 0.1) is 5.92 Å². The van der Waals surface area contributed by atoms with E-state index in [9.17, 15) is 4.79 Å². The highest BCUT2D eigenvalue weighted by atomic mass is 16.5. The molecule has 124 valence electrons. The molecule has 3 atom stereocenters. The van der Waals surface area contributed by atoms with E-state index in [2.05, 4.69) is 12.2 Å². The van der Waals surface area contributed by atoms with Crippen LogP contribution in [0.25, 0.3) is 0 Å². The molecule has 1 saturated carbocycles. The lowest BCUT2D eigenvalue weighted by Gasteiger charge is -2.29. The highest BCUT2D eigenvalue weighted by molar-refractivity contribution is 5.80. The van der Waals surface area contributed by atoms with Crippen molar-refractivity contribution in [3.8, 4) is 0 Å². The maximum Gasteiger partial charge on any atom is 0.325 e. The van der Waals surface area contributed by atoms with Crippen LogP contribution in [0.15, 0.2) is 0 Å². The number of unbranched alkanes of at least 4 members (excludes halogenated alkanes) is 1. The van der Waals surface area contributed by atoms with Crippen LogP contribution in [0.5, 0.6) is 0 Å². The van der Waals surface area contributed by atoms with Gasteiger partial charge < -0.3 is 14.8 Å². The van der Waals surface area contributed by atoms with Crippen molar-refractivity contribution in [3.63, 3.8) is 0 Å². The topological polar surface area (TPSA) is 47.6 Å². The van der Waals surface area contributed by atoms with Crippen molar-refractivity contribution in [2.75, 3.05) is 20.3 Å². The Labute approximate surface area is 130 Å². The number of carbonyl (C=O) groups is 1. The summed E-state index contributed by atoms with van der Waals surface area (Å²) in [5.41, 5.74) is -0.568. The van der Waals surface area contributed by atoms with Gasteiger partial charge >= 0.3 is 5.97 Å². The van der Waals surface area contributed by atoms with Crippen molar-refractivity contribution < 1.29 is 14.3 Å². The maximum atomic E-state index is 11.9. The fourth-order valence-electron chi connectivity index (χ4n) is 3.22. The normalized spacial score (nSPS) is 25.3. The molecule has 0 radical (unpaired) electrons. The van der Waals surface area contributed by atoms with Crippen LogP contribution in [0.2, 0.25) is 0 Å². The molecule has 1 N–H and O–H groups in total. The lowest BCUT2D eigenvalue weighted by atomic mass is 9.88. The lowest BCUT2D eigenvalue weighted by Crippen LogP contribution is -2.50. The van der Waals surface area contributed by atoms with Gasteiger partial charge in [-0.25, -0.2) is 0 Å². The number of methoxy groups -OCH3 is 1. The Morgan fingerprint density at radius 3 is 2.62 bits per heavy atom. The van der Waals surface area contributed by atoms with Gasteiger partial charge in [0.05, 0.1) is 13.2 Å². The van der Waals surface area contributed by atoms with Crippen molar-refractivity contribution in [1.82, 2.24) is 5.32 Å². The van der Waals surface area contributed by atoms with Crippen LogP contribution in [-0.4, -0.2) is 37.9 Å². The molecule has 1 fully saturated rings. The molecule has 1 aliphatic rings. The van der Waals surface area contributed by atoms with E-state index < -0.39 is 5.54 Å². The monoisotopic (exact) mass is 299 g/mol. The molecule has 0 aromatic carbocycles. The average molecular weight is 299 g/mol. The number of rotatable bonds is 9. The zero-order valence-electron chi connectivity index (χ0n) is 14.2. The molecule has 0 aliphatic heterocycles. The number of hydrogen-bond acceptors (Lipinski definition) is 4. The first-order valence-corrected chi connectivity index (χ1v) is 8.48. The van der Waals surface area contributed by atoms with Gasteiger partial charge in [0.25, 0.3) is 0 Å². The van der Waals surface area contributed by atoms with Gasteiger partial charge in [0.2, 0.25) is 0 Å². The highest BCUT2D eigenvalue weighted by Crippen LogP contribution is 2.26. The number of carbonyl (C=O) groups excluding carboxylic acids is 1. The Hall–Kier alpha value is -0.610. The molecular formula is C17H33NO3. The van der Waals surface area contributed by atoms with E-state index in [1.54, 1.807) is 0 Å². The average Bonchev–Trinajstić information content (AvgIpc) is 2.48. The second kappa shape index (κ2) is 9.42. The van der Waals surface area contributed by atoms with E-state index in [-0.39, 0.29) is 5.97 Å². The summed E-state index contributed by atoms with van der Waals surface area (Å²) in [5.74, 6) is 0.520. The Bertz CT molecular complexity index is 308.